The third kappa shape index (κ3) is 3.76. The normalized spacial score (nSPS) is 11.6. The van der Waals surface area contributed by atoms with Gasteiger partial charge in [-0.1, -0.05) is 11.6 Å². The zero-order valence-corrected chi connectivity index (χ0v) is 14.1. The van der Waals surface area contributed by atoms with Crippen molar-refractivity contribution in [3.05, 3.63) is 34.9 Å². The van der Waals surface area contributed by atoms with E-state index in [-0.39, 0.29) is 18.0 Å². The lowest BCUT2D eigenvalue weighted by molar-refractivity contribution is 0.321. The Morgan fingerprint density at radius 2 is 2.09 bits per heavy atom. The fourth-order valence-electron chi connectivity index (χ4n) is 2.03. The zero-order chi connectivity index (χ0) is 16.3. The topological polar surface area (TPSA) is 86.1 Å². The number of halogens is 1. The van der Waals surface area contributed by atoms with Gasteiger partial charge >= 0.3 is 0 Å². The van der Waals surface area contributed by atoms with E-state index >= 15 is 0 Å². The van der Waals surface area contributed by atoms with Crippen LogP contribution in [0.1, 0.15) is 11.4 Å². The van der Waals surface area contributed by atoms with E-state index < -0.39 is 10.0 Å². The smallest absolute Gasteiger partial charge is 0.244 e. The first-order valence-electron chi connectivity index (χ1n) is 6.54. The van der Waals surface area contributed by atoms with Crippen LogP contribution in [0.25, 0.3) is 0 Å². The summed E-state index contributed by atoms with van der Waals surface area (Å²) in [5.74, 6) is 0.487. The zero-order valence-electron chi connectivity index (χ0n) is 12.5. The van der Waals surface area contributed by atoms with Crippen molar-refractivity contribution in [3.63, 3.8) is 0 Å². The number of aryl methyl sites for hydroxylation is 2. The van der Waals surface area contributed by atoms with Gasteiger partial charge in [0.1, 0.15) is 17.3 Å². The van der Waals surface area contributed by atoms with Crippen molar-refractivity contribution in [2.75, 3.05) is 13.2 Å². The number of sulfonamides is 1. The molecule has 2 rings (SSSR count). The average molecular weight is 345 g/mol. The van der Waals surface area contributed by atoms with Crippen LogP contribution in [0.4, 0.5) is 0 Å². The molecule has 0 saturated carbocycles. The molecule has 0 unspecified atom stereocenters. The number of nitrogens with one attached hydrogen (secondary N) is 1. The lowest BCUT2D eigenvalue weighted by Crippen LogP contribution is -2.29. The van der Waals surface area contributed by atoms with Crippen molar-refractivity contribution in [1.82, 2.24) is 19.5 Å². The van der Waals surface area contributed by atoms with Crippen LogP contribution in [0.15, 0.2) is 23.4 Å². The molecule has 0 fully saturated rings. The molecule has 0 spiro atoms. The van der Waals surface area contributed by atoms with Crippen LogP contribution in [-0.2, 0) is 17.1 Å². The number of hydrogen-bond donors (Lipinski definition) is 1. The first kappa shape index (κ1) is 16.7. The van der Waals surface area contributed by atoms with Gasteiger partial charge in [-0.2, -0.15) is 5.10 Å². The third-order valence-corrected chi connectivity index (χ3v) is 4.97. The Morgan fingerprint density at radius 3 is 2.68 bits per heavy atom. The predicted molar refractivity (Wildman–Crippen MR) is 82.6 cm³/mol. The summed E-state index contributed by atoms with van der Waals surface area (Å²) in [4.78, 5) is 4.09. The van der Waals surface area contributed by atoms with Crippen LogP contribution in [0.5, 0.6) is 5.75 Å². The molecule has 0 aliphatic carbocycles. The summed E-state index contributed by atoms with van der Waals surface area (Å²) >= 11 is 5.78. The first-order chi connectivity index (χ1) is 10.3. The van der Waals surface area contributed by atoms with E-state index in [4.69, 9.17) is 16.3 Å². The molecule has 0 bridgehead atoms. The van der Waals surface area contributed by atoms with Gasteiger partial charge in [-0.3, -0.25) is 9.67 Å². The maximum absolute atomic E-state index is 12.3. The van der Waals surface area contributed by atoms with E-state index in [2.05, 4.69) is 14.8 Å². The monoisotopic (exact) mass is 344 g/mol. The average Bonchev–Trinajstić information content (AvgIpc) is 2.69. The fourth-order valence-corrected chi connectivity index (χ4v) is 3.64. The Morgan fingerprint density at radius 1 is 1.36 bits per heavy atom. The molecule has 0 atom stereocenters. The molecule has 1 N–H and O–H groups in total. The Hall–Kier alpha value is -1.64. The SMILES string of the molecule is Cc1nn(C)c(C)c1S(=O)(=O)NCCOc1cncc(Cl)c1. The number of rotatable bonds is 6. The molecule has 0 saturated heterocycles. The van der Waals surface area contributed by atoms with E-state index in [1.807, 2.05) is 0 Å². The van der Waals surface area contributed by atoms with Gasteiger partial charge in [-0.15, -0.1) is 0 Å². The van der Waals surface area contributed by atoms with Gasteiger partial charge in [0.2, 0.25) is 10.0 Å². The molecular weight excluding hydrogens is 328 g/mol. The second-order valence-corrected chi connectivity index (χ2v) is 6.85. The Balaban J connectivity index is 1.96. The second kappa shape index (κ2) is 6.64. The number of aromatic nitrogens is 3. The number of nitrogens with zero attached hydrogens (tertiary/aromatic N) is 3. The van der Waals surface area contributed by atoms with Crippen molar-refractivity contribution in [2.24, 2.45) is 7.05 Å². The van der Waals surface area contributed by atoms with Gasteiger partial charge < -0.3 is 4.74 Å². The highest BCUT2D eigenvalue weighted by Gasteiger charge is 2.23. The highest BCUT2D eigenvalue weighted by Crippen LogP contribution is 2.18. The van der Waals surface area contributed by atoms with E-state index in [1.54, 1.807) is 27.0 Å². The Bertz CT molecular complexity index is 774. The third-order valence-electron chi connectivity index (χ3n) is 3.05. The molecule has 0 amide bonds. The molecule has 2 aromatic heterocycles. The van der Waals surface area contributed by atoms with Crippen molar-refractivity contribution in [2.45, 2.75) is 18.7 Å². The maximum Gasteiger partial charge on any atom is 0.244 e. The molecule has 7 nitrogen and oxygen atoms in total. The van der Waals surface area contributed by atoms with Crippen molar-refractivity contribution >= 4 is 21.6 Å². The molecule has 0 aromatic carbocycles. The highest BCUT2D eigenvalue weighted by molar-refractivity contribution is 7.89. The predicted octanol–water partition coefficient (Wildman–Crippen LogP) is 1.44. The van der Waals surface area contributed by atoms with Crippen molar-refractivity contribution in [1.29, 1.82) is 0 Å². The quantitative estimate of drug-likeness (QED) is 0.801. The molecule has 22 heavy (non-hydrogen) atoms. The second-order valence-electron chi connectivity index (χ2n) is 4.71. The van der Waals surface area contributed by atoms with Gasteiger partial charge in [0.25, 0.3) is 0 Å². The summed E-state index contributed by atoms with van der Waals surface area (Å²) in [6.45, 7) is 3.67. The standard InChI is InChI=1S/C13H17ClN4O3S/c1-9-13(10(2)18(3)17-9)22(19,20)16-4-5-21-12-6-11(14)7-15-8-12/h6-8,16H,4-5H2,1-3H3. The minimum Gasteiger partial charge on any atom is -0.491 e. The van der Waals surface area contributed by atoms with Gasteiger partial charge in [-0.05, 0) is 13.8 Å². The van der Waals surface area contributed by atoms with Crippen molar-refractivity contribution < 1.29 is 13.2 Å². The minimum absolute atomic E-state index is 0.128. The molecule has 9 heteroatoms. The maximum atomic E-state index is 12.3. The van der Waals surface area contributed by atoms with E-state index in [1.165, 1.54) is 17.1 Å². The Kier molecular flexibility index (Phi) is 5.05. The van der Waals surface area contributed by atoms with Crippen LogP contribution in [-0.4, -0.2) is 36.3 Å². The molecule has 2 aromatic rings. The number of pyridine rings is 1. The molecule has 0 aliphatic heterocycles. The van der Waals surface area contributed by atoms with Gasteiger partial charge in [0.15, 0.2) is 0 Å². The summed E-state index contributed by atoms with van der Waals surface area (Å²) in [5, 5.41) is 4.56. The Labute approximate surface area is 134 Å². The molecule has 2 heterocycles. The molecule has 0 aliphatic rings. The summed E-state index contributed by atoms with van der Waals surface area (Å²) in [7, 11) is -1.91. The molecular formula is C13H17ClN4O3S. The lowest BCUT2D eigenvalue weighted by Gasteiger charge is -2.09. The highest BCUT2D eigenvalue weighted by atomic mass is 35.5. The van der Waals surface area contributed by atoms with E-state index in [0.717, 1.165) is 0 Å². The first-order valence-corrected chi connectivity index (χ1v) is 8.40. The van der Waals surface area contributed by atoms with Gasteiger partial charge in [-0.25, -0.2) is 13.1 Å². The van der Waals surface area contributed by atoms with Crippen molar-refractivity contribution in [3.8, 4) is 5.75 Å². The number of ether oxygens (including phenoxy) is 1. The van der Waals surface area contributed by atoms with Crippen LogP contribution in [0, 0.1) is 13.8 Å². The van der Waals surface area contributed by atoms with Crippen LogP contribution in [0.2, 0.25) is 5.02 Å². The van der Waals surface area contributed by atoms with Crippen LogP contribution >= 0.6 is 11.6 Å². The minimum atomic E-state index is -3.62. The van der Waals surface area contributed by atoms with Crippen LogP contribution in [0.3, 0.4) is 0 Å². The molecule has 120 valence electrons. The summed E-state index contributed by atoms with van der Waals surface area (Å²) in [6.07, 6.45) is 3.00. The largest absolute Gasteiger partial charge is 0.491 e. The fraction of sp³-hybridized carbons (Fsp3) is 0.385. The summed E-state index contributed by atoms with van der Waals surface area (Å²) in [6, 6.07) is 1.61. The summed E-state index contributed by atoms with van der Waals surface area (Å²) < 4.78 is 34.0. The van der Waals surface area contributed by atoms with Gasteiger partial charge in [0.05, 0.1) is 22.6 Å². The van der Waals surface area contributed by atoms with Crippen LogP contribution < -0.4 is 9.46 Å². The van der Waals surface area contributed by atoms with E-state index in [9.17, 15) is 8.42 Å². The van der Waals surface area contributed by atoms with Gasteiger partial charge in [0, 0.05) is 25.9 Å². The lowest BCUT2D eigenvalue weighted by atomic mass is 10.4. The summed E-state index contributed by atoms with van der Waals surface area (Å²) in [5.41, 5.74) is 1.05. The number of hydrogen-bond acceptors (Lipinski definition) is 5. The molecule has 0 radical (unpaired) electrons. The van der Waals surface area contributed by atoms with E-state index in [0.29, 0.717) is 22.2 Å².